The van der Waals surface area contributed by atoms with E-state index >= 15 is 0 Å². The molecule has 2 aliphatic rings. The Hall–Kier alpha value is -2.78. The molecule has 0 saturated heterocycles. The van der Waals surface area contributed by atoms with Crippen molar-refractivity contribution >= 4 is 11.9 Å². The van der Waals surface area contributed by atoms with Crippen LogP contribution < -0.4 is 0 Å². The first-order valence-electron chi connectivity index (χ1n) is 12.6. The second-order valence-electron chi connectivity index (χ2n) is 9.91. The fourth-order valence-electron chi connectivity index (χ4n) is 5.04. The summed E-state index contributed by atoms with van der Waals surface area (Å²) in [6.07, 6.45) is -0.857. The molecule has 0 spiro atoms. The van der Waals surface area contributed by atoms with Crippen molar-refractivity contribution in [1.82, 2.24) is 9.80 Å². The summed E-state index contributed by atoms with van der Waals surface area (Å²) in [5.41, 5.74) is 5.47. The Labute approximate surface area is 212 Å². The quantitative estimate of drug-likeness (QED) is 0.485. The Kier molecular flexibility index (Phi) is 8.10. The third kappa shape index (κ3) is 5.62. The highest BCUT2D eigenvalue weighted by molar-refractivity contribution is 5.94. The summed E-state index contributed by atoms with van der Waals surface area (Å²) in [7, 11) is 1.97. The summed E-state index contributed by atoms with van der Waals surface area (Å²) < 4.78 is 10.4. The van der Waals surface area contributed by atoms with Gasteiger partial charge in [0.05, 0.1) is 23.3 Å². The zero-order valence-electron chi connectivity index (χ0n) is 21.5. The molecule has 8 nitrogen and oxygen atoms in total. The van der Waals surface area contributed by atoms with E-state index in [0.717, 1.165) is 47.5 Å². The lowest BCUT2D eigenvalue weighted by molar-refractivity contribution is 0.0300. The molecule has 194 valence electrons. The van der Waals surface area contributed by atoms with Crippen LogP contribution in [0.2, 0.25) is 0 Å². The second kappa shape index (κ2) is 11.1. The van der Waals surface area contributed by atoms with Gasteiger partial charge in [-0.1, -0.05) is 25.1 Å². The number of benzene rings is 2. The van der Waals surface area contributed by atoms with Crippen LogP contribution in [0, 0.1) is 6.92 Å². The molecule has 0 fully saturated rings. The van der Waals surface area contributed by atoms with E-state index in [2.05, 4.69) is 16.7 Å². The van der Waals surface area contributed by atoms with Gasteiger partial charge in [0, 0.05) is 38.2 Å². The molecule has 2 N–H and O–H groups in total. The molecule has 3 atom stereocenters. The predicted molar refractivity (Wildman–Crippen MR) is 135 cm³/mol. The molecular formula is C28H36N2O6. The van der Waals surface area contributed by atoms with Gasteiger partial charge < -0.3 is 24.6 Å². The highest BCUT2D eigenvalue weighted by Crippen LogP contribution is 2.29. The van der Waals surface area contributed by atoms with Gasteiger partial charge in [-0.2, -0.15) is 0 Å². The normalized spacial score (nSPS) is 18.6. The maximum Gasteiger partial charge on any atom is 0.338 e. The summed E-state index contributed by atoms with van der Waals surface area (Å²) in [6.45, 7) is 9.27. The van der Waals surface area contributed by atoms with Crippen LogP contribution in [0.1, 0.15) is 74.6 Å². The number of likely N-dealkylation sites (N-methyl/N-ethyl adjacent to an activating group) is 2. The van der Waals surface area contributed by atoms with Gasteiger partial charge in [0.2, 0.25) is 0 Å². The molecule has 36 heavy (non-hydrogen) atoms. The van der Waals surface area contributed by atoms with Crippen molar-refractivity contribution in [3.05, 3.63) is 69.3 Å². The number of aliphatic hydroxyl groups is 2. The van der Waals surface area contributed by atoms with Gasteiger partial charge in [-0.25, -0.2) is 9.59 Å². The summed E-state index contributed by atoms with van der Waals surface area (Å²) in [5.74, 6) is -0.609. The first-order chi connectivity index (χ1) is 17.2. The first kappa shape index (κ1) is 26.3. The zero-order valence-corrected chi connectivity index (χ0v) is 21.5. The van der Waals surface area contributed by atoms with Crippen molar-refractivity contribution in [2.75, 3.05) is 39.8 Å². The Morgan fingerprint density at radius 2 is 1.78 bits per heavy atom. The molecule has 0 radical (unpaired) electrons. The SMILES string of the molecule is CCN(CCN(C)C[C@H](O)c1ccc2c(c1)C[C@H](C)OC2=O)C[C@H](O)c1ccc2c(c1C)COC2=O. The topological polar surface area (TPSA) is 99.5 Å². The Morgan fingerprint density at radius 1 is 1.03 bits per heavy atom. The highest BCUT2D eigenvalue weighted by Gasteiger charge is 2.27. The van der Waals surface area contributed by atoms with Crippen LogP contribution in [0.25, 0.3) is 0 Å². The number of hydrogen-bond acceptors (Lipinski definition) is 8. The smallest absolute Gasteiger partial charge is 0.338 e. The molecule has 0 saturated carbocycles. The van der Waals surface area contributed by atoms with Gasteiger partial charge in [0.15, 0.2) is 0 Å². The molecule has 2 aromatic rings. The van der Waals surface area contributed by atoms with Crippen LogP contribution in [0.15, 0.2) is 30.3 Å². The van der Waals surface area contributed by atoms with Crippen molar-refractivity contribution < 1.29 is 29.3 Å². The van der Waals surface area contributed by atoms with Crippen molar-refractivity contribution in [1.29, 1.82) is 0 Å². The lowest BCUT2D eigenvalue weighted by Crippen LogP contribution is -2.37. The predicted octanol–water partition coefficient (Wildman–Crippen LogP) is 2.79. The number of fused-ring (bicyclic) bond motifs is 2. The number of carbonyl (C=O) groups is 2. The molecule has 0 unspecified atom stereocenters. The zero-order chi connectivity index (χ0) is 26.0. The van der Waals surface area contributed by atoms with Crippen LogP contribution in [0.3, 0.4) is 0 Å². The van der Waals surface area contributed by atoms with Crippen molar-refractivity contribution in [2.24, 2.45) is 0 Å². The number of ether oxygens (including phenoxy) is 2. The number of aliphatic hydroxyl groups excluding tert-OH is 2. The van der Waals surface area contributed by atoms with E-state index < -0.39 is 12.2 Å². The number of nitrogens with zero attached hydrogens (tertiary/aromatic N) is 2. The van der Waals surface area contributed by atoms with E-state index in [1.165, 1.54) is 0 Å². The molecule has 0 amide bonds. The van der Waals surface area contributed by atoms with E-state index in [4.69, 9.17) is 9.47 Å². The van der Waals surface area contributed by atoms with Crippen molar-refractivity contribution in [2.45, 2.75) is 52.1 Å². The van der Waals surface area contributed by atoms with Crippen LogP contribution in [0.4, 0.5) is 0 Å². The largest absolute Gasteiger partial charge is 0.459 e. The summed E-state index contributed by atoms with van der Waals surface area (Å²) in [5, 5.41) is 21.8. The number of carbonyl (C=O) groups excluding carboxylic acids is 2. The number of rotatable bonds is 10. The monoisotopic (exact) mass is 496 g/mol. The summed E-state index contributed by atoms with van der Waals surface area (Å²) in [6, 6.07) is 9.01. The molecule has 2 heterocycles. The van der Waals surface area contributed by atoms with E-state index in [0.29, 0.717) is 30.6 Å². The third-order valence-electron chi connectivity index (χ3n) is 7.28. The van der Waals surface area contributed by atoms with Gasteiger partial charge in [-0.3, -0.25) is 4.90 Å². The molecule has 0 aliphatic carbocycles. The van der Waals surface area contributed by atoms with Gasteiger partial charge in [-0.15, -0.1) is 0 Å². The van der Waals surface area contributed by atoms with Gasteiger partial charge in [0.25, 0.3) is 0 Å². The molecule has 2 aliphatic heterocycles. The Morgan fingerprint density at radius 3 is 2.53 bits per heavy atom. The fourth-order valence-corrected chi connectivity index (χ4v) is 5.04. The minimum absolute atomic E-state index is 0.160. The lowest BCUT2D eigenvalue weighted by atomic mass is 9.95. The molecule has 8 heteroatoms. The number of hydrogen-bond donors (Lipinski definition) is 2. The van der Waals surface area contributed by atoms with Crippen LogP contribution >= 0.6 is 0 Å². The minimum atomic E-state index is -0.675. The average Bonchev–Trinajstić information content (AvgIpc) is 3.22. The number of esters is 2. The van der Waals surface area contributed by atoms with Gasteiger partial charge in [-0.05, 0) is 61.8 Å². The van der Waals surface area contributed by atoms with Crippen LogP contribution in [-0.4, -0.2) is 77.8 Å². The first-order valence-corrected chi connectivity index (χ1v) is 12.6. The maximum atomic E-state index is 12.0. The minimum Gasteiger partial charge on any atom is -0.459 e. The number of cyclic esters (lactones) is 2. The molecule has 0 bridgehead atoms. The van der Waals surface area contributed by atoms with E-state index in [-0.39, 0.29) is 24.6 Å². The summed E-state index contributed by atoms with van der Waals surface area (Å²) >= 11 is 0. The van der Waals surface area contributed by atoms with E-state index in [1.54, 1.807) is 18.2 Å². The molecule has 4 rings (SSSR count). The Bertz CT molecular complexity index is 1130. The van der Waals surface area contributed by atoms with Crippen molar-refractivity contribution in [3.63, 3.8) is 0 Å². The second-order valence-corrected chi connectivity index (χ2v) is 9.91. The molecule has 2 aromatic carbocycles. The fraction of sp³-hybridized carbons (Fsp3) is 0.500. The highest BCUT2D eigenvalue weighted by atomic mass is 16.5. The van der Waals surface area contributed by atoms with Gasteiger partial charge >= 0.3 is 11.9 Å². The Balaban J connectivity index is 1.31. The van der Waals surface area contributed by atoms with Crippen LogP contribution in [0.5, 0.6) is 0 Å². The maximum absolute atomic E-state index is 12.0. The average molecular weight is 497 g/mol. The van der Waals surface area contributed by atoms with E-state index in [1.807, 2.05) is 33.0 Å². The van der Waals surface area contributed by atoms with E-state index in [9.17, 15) is 19.8 Å². The molecule has 0 aromatic heterocycles. The van der Waals surface area contributed by atoms with Crippen LogP contribution in [-0.2, 0) is 22.5 Å². The third-order valence-corrected chi connectivity index (χ3v) is 7.28. The standard InChI is InChI=1S/C28H36N2O6/c1-5-30(15-26(32)21-8-9-23-24(18(21)3)16-35-27(23)33)11-10-29(4)14-25(31)19-6-7-22-20(13-19)12-17(2)36-28(22)34/h6-9,13,17,25-26,31-32H,5,10-12,14-16H2,1-4H3/t17-,25-,26-/m0/s1. The lowest BCUT2D eigenvalue weighted by Gasteiger charge is -2.28. The van der Waals surface area contributed by atoms with Crippen molar-refractivity contribution in [3.8, 4) is 0 Å². The summed E-state index contributed by atoms with van der Waals surface area (Å²) in [4.78, 5) is 28.1. The molecular weight excluding hydrogens is 460 g/mol. The van der Waals surface area contributed by atoms with Gasteiger partial charge in [0.1, 0.15) is 12.7 Å².